The van der Waals surface area contributed by atoms with Gasteiger partial charge in [-0.25, -0.2) is 9.80 Å². The summed E-state index contributed by atoms with van der Waals surface area (Å²) in [7, 11) is 3.44. The maximum atomic E-state index is 11.3. The molecule has 5 heteroatoms. The number of nitrogens with zero attached hydrogens (tertiary/aromatic N) is 1. The van der Waals surface area contributed by atoms with E-state index in [1.165, 1.54) is 6.92 Å². The molecule has 0 aliphatic carbocycles. The topological polar surface area (TPSA) is 61.4 Å². The maximum Gasteiger partial charge on any atom is 0.333 e. The third kappa shape index (κ3) is 3.70. The van der Waals surface area contributed by atoms with Gasteiger partial charge in [-0.2, -0.15) is 0 Å². The third-order valence-corrected chi connectivity index (χ3v) is 1.87. The van der Waals surface area contributed by atoms with Crippen molar-refractivity contribution in [1.29, 1.82) is 0 Å². The molecule has 86 valence electrons. The van der Waals surface area contributed by atoms with E-state index >= 15 is 0 Å². The van der Waals surface area contributed by atoms with E-state index in [1.807, 2.05) is 0 Å². The van der Waals surface area contributed by atoms with E-state index in [0.717, 1.165) is 0 Å². The molecule has 0 saturated heterocycles. The first kappa shape index (κ1) is 12.2. The van der Waals surface area contributed by atoms with E-state index < -0.39 is 0 Å². The molecule has 1 aromatic rings. The molecule has 0 saturated carbocycles. The third-order valence-electron chi connectivity index (χ3n) is 1.87. The van der Waals surface area contributed by atoms with E-state index in [0.29, 0.717) is 11.3 Å². The second kappa shape index (κ2) is 5.27. The number of amides is 2. The number of benzene rings is 1. The van der Waals surface area contributed by atoms with Crippen LogP contribution in [0.1, 0.15) is 17.3 Å². The highest BCUT2D eigenvalue weighted by Gasteiger charge is 2.03. The summed E-state index contributed by atoms with van der Waals surface area (Å²) in [5.74, 6) is 0.00398. The van der Waals surface area contributed by atoms with E-state index in [9.17, 15) is 9.59 Å². The minimum absolute atomic E-state index is 0.00398. The number of hydrogen-bond donors (Lipinski definition) is 2. The van der Waals surface area contributed by atoms with Gasteiger partial charge in [-0.05, 0) is 31.2 Å². The van der Waals surface area contributed by atoms with Gasteiger partial charge in [-0.1, -0.05) is 0 Å². The zero-order chi connectivity index (χ0) is 12.1. The maximum absolute atomic E-state index is 11.3. The van der Waals surface area contributed by atoms with Crippen LogP contribution < -0.4 is 10.7 Å². The number of nitrogens with one attached hydrogen (secondary N) is 2. The van der Waals surface area contributed by atoms with Gasteiger partial charge in [0.25, 0.3) is 0 Å². The second-order valence-corrected chi connectivity index (χ2v) is 3.59. The van der Waals surface area contributed by atoms with Gasteiger partial charge >= 0.3 is 6.03 Å². The summed E-state index contributed by atoms with van der Waals surface area (Å²) < 4.78 is 0. The Balaban J connectivity index is 2.62. The molecule has 0 atom stereocenters. The monoisotopic (exact) mass is 221 g/mol. The normalized spacial score (nSPS) is 10.0. The largest absolute Gasteiger partial charge is 0.333 e. The van der Waals surface area contributed by atoms with Crippen molar-refractivity contribution < 1.29 is 9.59 Å². The molecule has 0 radical (unpaired) electrons. The van der Waals surface area contributed by atoms with Crippen molar-refractivity contribution >= 4 is 17.5 Å². The predicted octanol–water partition coefficient (Wildman–Crippen LogP) is 1.49. The molecule has 5 nitrogen and oxygen atoms in total. The van der Waals surface area contributed by atoms with E-state index in [-0.39, 0.29) is 11.8 Å². The number of rotatable bonds is 3. The molecule has 16 heavy (non-hydrogen) atoms. The summed E-state index contributed by atoms with van der Waals surface area (Å²) in [6, 6.07) is 6.40. The Hall–Kier alpha value is -1.88. The summed E-state index contributed by atoms with van der Waals surface area (Å²) in [6.07, 6.45) is 0. The van der Waals surface area contributed by atoms with Crippen molar-refractivity contribution in [3.63, 3.8) is 0 Å². The zero-order valence-electron chi connectivity index (χ0n) is 9.57. The lowest BCUT2D eigenvalue weighted by Gasteiger charge is -2.12. The van der Waals surface area contributed by atoms with Crippen molar-refractivity contribution in [1.82, 2.24) is 10.4 Å². The van der Waals surface area contributed by atoms with E-state index in [4.69, 9.17) is 0 Å². The SMILES string of the molecule is CC(=O)c1ccc(NC(=O)NN(C)C)cc1. The molecule has 2 N–H and O–H groups in total. The van der Waals surface area contributed by atoms with Gasteiger partial charge in [-0.15, -0.1) is 0 Å². The van der Waals surface area contributed by atoms with Crippen LogP contribution in [0.2, 0.25) is 0 Å². The van der Waals surface area contributed by atoms with Crippen molar-refractivity contribution in [2.75, 3.05) is 19.4 Å². The number of anilines is 1. The van der Waals surface area contributed by atoms with Crippen molar-refractivity contribution in [3.05, 3.63) is 29.8 Å². The fourth-order valence-electron chi connectivity index (χ4n) is 1.15. The average molecular weight is 221 g/mol. The number of hydrazine groups is 1. The van der Waals surface area contributed by atoms with Gasteiger partial charge in [0.05, 0.1) is 0 Å². The van der Waals surface area contributed by atoms with E-state index in [1.54, 1.807) is 43.4 Å². The molecular weight excluding hydrogens is 206 g/mol. The number of hydrogen-bond acceptors (Lipinski definition) is 3. The Morgan fingerprint density at radius 2 is 1.69 bits per heavy atom. The molecular formula is C11H15N3O2. The van der Waals surface area contributed by atoms with Crippen molar-refractivity contribution in [2.45, 2.75) is 6.92 Å². The smallest absolute Gasteiger partial charge is 0.307 e. The molecule has 2 amide bonds. The molecule has 0 aliphatic heterocycles. The first-order chi connectivity index (χ1) is 7.49. The van der Waals surface area contributed by atoms with Crippen LogP contribution in [0.15, 0.2) is 24.3 Å². The standard InChI is InChI=1S/C11H15N3O2/c1-8(15)9-4-6-10(7-5-9)12-11(16)13-14(2)3/h4-7H,1-3H3,(H2,12,13,16). The molecule has 0 aromatic heterocycles. The van der Waals surface area contributed by atoms with Crippen LogP contribution in [0, 0.1) is 0 Å². The molecule has 0 bridgehead atoms. The van der Waals surface area contributed by atoms with Crippen LogP contribution >= 0.6 is 0 Å². The molecule has 0 heterocycles. The van der Waals surface area contributed by atoms with Crippen LogP contribution in [0.5, 0.6) is 0 Å². The van der Waals surface area contributed by atoms with Crippen LogP contribution in [0.25, 0.3) is 0 Å². The highest BCUT2D eigenvalue weighted by Crippen LogP contribution is 2.09. The summed E-state index contributed by atoms with van der Waals surface area (Å²) in [5.41, 5.74) is 3.81. The first-order valence-electron chi connectivity index (χ1n) is 4.85. The van der Waals surface area contributed by atoms with Gasteiger partial charge in [-0.3, -0.25) is 10.2 Å². The van der Waals surface area contributed by atoms with Gasteiger partial charge in [0.1, 0.15) is 0 Å². The fraction of sp³-hybridized carbons (Fsp3) is 0.273. The lowest BCUT2D eigenvalue weighted by atomic mass is 10.1. The second-order valence-electron chi connectivity index (χ2n) is 3.59. The van der Waals surface area contributed by atoms with Gasteiger partial charge in [0.15, 0.2) is 5.78 Å². The Morgan fingerprint density at radius 1 is 1.12 bits per heavy atom. The Labute approximate surface area is 94.4 Å². The molecule has 0 unspecified atom stereocenters. The minimum Gasteiger partial charge on any atom is -0.307 e. The minimum atomic E-state index is -0.319. The predicted molar refractivity (Wildman–Crippen MR) is 62.3 cm³/mol. The summed E-state index contributed by atoms with van der Waals surface area (Å²) in [4.78, 5) is 22.3. The number of ketones is 1. The Morgan fingerprint density at radius 3 is 2.12 bits per heavy atom. The van der Waals surface area contributed by atoms with E-state index in [2.05, 4.69) is 10.7 Å². The Kier molecular flexibility index (Phi) is 4.02. The zero-order valence-corrected chi connectivity index (χ0v) is 9.57. The highest BCUT2D eigenvalue weighted by atomic mass is 16.2. The van der Waals surface area contributed by atoms with Gasteiger partial charge in [0.2, 0.25) is 0 Å². The van der Waals surface area contributed by atoms with Crippen LogP contribution in [0.4, 0.5) is 10.5 Å². The van der Waals surface area contributed by atoms with Crippen molar-refractivity contribution in [2.24, 2.45) is 0 Å². The quantitative estimate of drug-likeness (QED) is 0.600. The first-order valence-corrected chi connectivity index (χ1v) is 4.85. The fourth-order valence-corrected chi connectivity index (χ4v) is 1.15. The molecule has 0 spiro atoms. The summed E-state index contributed by atoms with van der Waals surface area (Å²) in [6.45, 7) is 1.50. The Bertz CT molecular complexity index is 385. The number of Topliss-reactive ketones (excluding diaryl/α,β-unsaturated/α-hetero) is 1. The van der Waals surface area contributed by atoms with Gasteiger partial charge < -0.3 is 5.32 Å². The summed E-state index contributed by atoms with van der Waals surface area (Å²) in [5, 5.41) is 4.18. The van der Waals surface area contributed by atoms with Gasteiger partial charge in [0, 0.05) is 25.3 Å². The lowest BCUT2D eigenvalue weighted by Crippen LogP contribution is -2.39. The highest BCUT2D eigenvalue weighted by molar-refractivity contribution is 5.95. The van der Waals surface area contributed by atoms with Crippen LogP contribution in [-0.2, 0) is 0 Å². The number of urea groups is 1. The average Bonchev–Trinajstić information content (AvgIpc) is 2.16. The molecule has 0 aliphatic rings. The van der Waals surface area contributed by atoms with Crippen molar-refractivity contribution in [3.8, 4) is 0 Å². The van der Waals surface area contributed by atoms with Crippen LogP contribution in [-0.4, -0.2) is 30.9 Å². The molecule has 1 aromatic carbocycles. The number of carbonyl (C=O) groups excluding carboxylic acids is 2. The lowest BCUT2D eigenvalue weighted by molar-refractivity contribution is 0.101. The molecule has 0 fully saturated rings. The van der Waals surface area contributed by atoms with Crippen LogP contribution in [0.3, 0.4) is 0 Å². The summed E-state index contributed by atoms with van der Waals surface area (Å²) >= 11 is 0. The molecule has 1 rings (SSSR count). The number of carbonyl (C=O) groups is 2.